The average molecular weight is 398 g/mol. The number of nitrogens with zero attached hydrogens (tertiary/aromatic N) is 4. The number of piperidine rings is 1. The molecule has 1 N–H and O–H groups in total. The Kier molecular flexibility index (Phi) is 5.16. The number of fused-ring (bicyclic) bond motifs is 1. The van der Waals surface area contributed by atoms with E-state index in [9.17, 15) is 9.59 Å². The van der Waals surface area contributed by atoms with Crippen molar-refractivity contribution in [3.8, 4) is 0 Å². The number of nitrogens with one attached hydrogen (secondary N) is 1. The molecule has 2 atom stereocenters. The van der Waals surface area contributed by atoms with Crippen molar-refractivity contribution < 1.29 is 9.59 Å². The van der Waals surface area contributed by atoms with Gasteiger partial charge in [-0.3, -0.25) is 14.5 Å². The molecular weight excluding hydrogens is 366 g/mol. The Morgan fingerprint density at radius 1 is 0.931 bits per heavy atom. The molecule has 7 heteroatoms. The maximum absolute atomic E-state index is 12.8. The van der Waals surface area contributed by atoms with Crippen molar-refractivity contribution in [3.63, 3.8) is 0 Å². The molecule has 29 heavy (non-hydrogen) atoms. The van der Waals surface area contributed by atoms with E-state index in [1.165, 1.54) is 19.3 Å². The number of pyridine rings is 1. The highest BCUT2D eigenvalue weighted by atomic mass is 16.2. The van der Waals surface area contributed by atoms with E-state index in [0.717, 1.165) is 64.1 Å². The van der Waals surface area contributed by atoms with Gasteiger partial charge in [-0.1, -0.05) is 6.42 Å². The van der Waals surface area contributed by atoms with E-state index in [-0.39, 0.29) is 11.9 Å². The van der Waals surface area contributed by atoms with Crippen molar-refractivity contribution >= 4 is 23.3 Å². The predicted octanol–water partition coefficient (Wildman–Crippen LogP) is 2.10. The molecule has 5 rings (SSSR count). The number of piperazine rings is 1. The minimum Gasteiger partial charge on any atom is -0.367 e. The molecule has 4 heterocycles. The topological polar surface area (TPSA) is 68.8 Å². The number of carbonyl (C=O) groups excluding carboxylic acids is 2. The van der Waals surface area contributed by atoms with Gasteiger partial charge in [-0.15, -0.1) is 0 Å². The maximum atomic E-state index is 12.8. The van der Waals surface area contributed by atoms with Crippen molar-refractivity contribution in [3.05, 3.63) is 18.3 Å². The highest BCUT2D eigenvalue weighted by Gasteiger charge is 2.39. The molecule has 3 aliphatic heterocycles. The second kappa shape index (κ2) is 7.94. The van der Waals surface area contributed by atoms with Gasteiger partial charge in [0.25, 0.3) is 0 Å². The normalized spacial score (nSPS) is 27.6. The Morgan fingerprint density at radius 3 is 2.48 bits per heavy atom. The predicted molar refractivity (Wildman–Crippen MR) is 112 cm³/mol. The first kappa shape index (κ1) is 18.9. The highest BCUT2D eigenvalue weighted by Crippen LogP contribution is 2.33. The van der Waals surface area contributed by atoms with Crippen LogP contribution in [0, 0.1) is 5.92 Å². The van der Waals surface area contributed by atoms with Gasteiger partial charge in [0.05, 0.1) is 17.9 Å². The number of hydrogen-bond acceptors (Lipinski definition) is 5. The standard InChI is InChI=1S/C22H31N5O2/c28-21(19-8-6-17-3-1-2-10-27(17)19)24-20-9-7-18(15-23-20)25-11-13-26(14-12-25)22(29)16-4-5-16/h7,9,15-17,19H,1-6,8,10-14H2,(H,23,24,28). The molecule has 0 spiro atoms. The van der Waals surface area contributed by atoms with Crippen LogP contribution < -0.4 is 10.2 Å². The van der Waals surface area contributed by atoms with Gasteiger partial charge in [0.1, 0.15) is 5.82 Å². The quantitative estimate of drug-likeness (QED) is 0.843. The average Bonchev–Trinajstić information content (AvgIpc) is 3.52. The van der Waals surface area contributed by atoms with E-state index in [1.54, 1.807) is 0 Å². The SMILES string of the molecule is O=C(Nc1ccc(N2CCN(C(=O)C3CC3)CC2)cn1)C1CCC2CCCCN21. The van der Waals surface area contributed by atoms with Crippen molar-refractivity contribution in [2.75, 3.05) is 42.9 Å². The van der Waals surface area contributed by atoms with E-state index in [4.69, 9.17) is 0 Å². The summed E-state index contributed by atoms with van der Waals surface area (Å²) in [6.07, 6.45) is 9.79. The Balaban J connectivity index is 1.14. The van der Waals surface area contributed by atoms with Crippen LogP contribution in [0.25, 0.3) is 0 Å². The summed E-state index contributed by atoms with van der Waals surface area (Å²) in [6, 6.07) is 4.52. The third kappa shape index (κ3) is 3.97. The summed E-state index contributed by atoms with van der Waals surface area (Å²) in [5, 5.41) is 3.03. The maximum Gasteiger partial charge on any atom is 0.242 e. The first-order valence-electron chi connectivity index (χ1n) is 11.3. The zero-order valence-corrected chi connectivity index (χ0v) is 17.1. The van der Waals surface area contributed by atoms with Gasteiger partial charge in [-0.25, -0.2) is 4.98 Å². The first-order valence-corrected chi connectivity index (χ1v) is 11.3. The third-order valence-corrected chi connectivity index (χ3v) is 7.03. The van der Waals surface area contributed by atoms with Crippen LogP contribution in [0.3, 0.4) is 0 Å². The second-order valence-electron chi connectivity index (χ2n) is 8.96. The molecule has 0 aromatic carbocycles. The summed E-state index contributed by atoms with van der Waals surface area (Å²) in [6.45, 7) is 4.29. The van der Waals surface area contributed by atoms with E-state index in [1.807, 2.05) is 23.2 Å². The summed E-state index contributed by atoms with van der Waals surface area (Å²) in [5.41, 5.74) is 1.05. The molecule has 0 radical (unpaired) electrons. The Hall–Kier alpha value is -2.15. The van der Waals surface area contributed by atoms with Crippen molar-refractivity contribution in [1.82, 2.24) is 14.8 Å². The van der Waals surface area contributed by atoms with Crippen LogP contribution in [0.4, 0.5) is 11.5 Å². The Bertz CT molecular complexity index is 755. The summed E-state index contributed by atoms with van der Waals surface area (Å²) in [7, 11) is 0. The second-order valence-corrected chi connectivity index (χ2v) is 8.96. The number of carbonyl (C=O) groups is 2. The van der Waals surface area contributed by atoms with Gasteiger partial charge in [-0.05, 0) is 57.2 Å². The number of aromatic nitrogens is 1. The van der Waals surface area contributed by atoms with Crippen LogP contribution in [0.1, 0.15) is 44.9 Å². The monoisotopic (exact) mass is 397 g/mol. The molecule has 3 saturated heterocycles. The lowest BCUT2D eigenvalue weighted by atomic mass is 10.0. The molecule has 1 saturated carbocycles. The smallest absolute Gasteiger partial charge is 0.242 e. The molecule has 2 unspecified atom stereocenters. The van der Waals surface area contributed by atoms with Gasteiger partial charge >= 0.3 is 0 Å². The molecular formula is C22H31N5O2. The molecule has 2 amide bonds. The van der Waals surface area contributed by atoms with E-state index < -0.39 is 0 Å². The van der Waals surface area contributed by atoms with Gasteiger partial charge < -0.3 is 15.1 Å². The Morgan fingerprint density at radius 2 is 1.76 bits per heavy atom. The fraction of sp³-hybridized carbons (Fsp3) is 0.682. The lowest BCUT2D eigenvalue weighted by molar-refractivity contribution is -0.132. The number of hydrogen-bond donors (Lipinski definition) is 1. The van der Waals surface area contributed by atoms with Crippen LogP contribution in [0.2, 0.25) is 0 Å². The molecule has 0 bridgehead atoms. The Labute approximate surface area is 172 Å². The van der Waals surface area contributed by atoms with Crippen LogP contribution in [-0.2, 0) is 9.59 Å². The molecule has 1 aliphatic carbocycles. The van der Waals surface area contributed by atoms with Crippen LogP contribution in [-0.4, -0.2) is 71.4 Å². The van der Waals surface area contributed by atoms with Gasteiger partial charge in [0.2, 0.25) is 11.8 Å². The largest absolute Gasteiger partial charge is 0.367 e. The van der Waals surface area contributed by atoms with Gasteiger partial charge in [-0.2, -0.15) is 0 Å². The lowest BCUT2D eigenvalue weighted by Crippen LogP contribution is -2.49. The zero-order chi connectivity index (χ0) is 19.8. The summed E-state index contributed by atoms with van der Waals surface area (Å²) < 4.78 is 0. The summed E-state index contributed by atoms with van der Waals surface area (Å²) in [5.74, 6) is 1.35. The molecule has 156 valence electrons. The minimum absolute atomic E-state index is 0.00106. The highest BCUT2D eigenvalue weighted by molar-refractivity contribution is 5.94. The van der Waals surface area contributed by atoms with E-state index >= 15 is 0 Å². The summed E-state index contributed by atoms with van der Waals surface area (Å²) >= 11 is 0. The molecule has 1 aromatic rings. The van der Waals surface area contributed by atoms with Crippen LogP contribution in [0.15, 0.2) is 18.3 Å². The molecule has 4 fully saturated rings. The van der Waals surface area contributed by atoms with Crippen molar-refractivity contribution in [2.24, 2.45) is 5.92 Å². The van der Waals surface area contributed by atoms with Crippen molar-refractivity contribution in [2.45, 2.75) is 57.0 Å². The number of rotatable bonds is 4. The number of anilines is 2. The lowest BCUT2D eigenvalue weighted by Gasteiger charge is -2.36. The van der Waals surface area contributed by atoms with Gasteiger partial charge in [0, 0.05) is 38.1 Å². The molecule has 7 nitrogen and oxygen atoms in total. The first-order chi connectivity index (χ1) is 14.2. The summed E-state index contributed by atoms with van der Waals surface area (Å²) in [4.78, 5) is 36.1. The van der Waals surface area contributed by atoms with Crippen molar-refractivity contribution in [1.29, 1.82) is 0 Å². The van der Waals surface area contributed by atoms with E-state index in [2.05, 4.69) is 20.1 Å². The van der Waals surface area contributed by atoms with Crippen LogP contribution >= 0.6 is 0 Å². The molecule has 1 aromatic heterocycles. The fourth-order valence-corrected chi connectivity index (χ4v) is 5.17. The number of amides is 2. The third-order valence-electron chi connectivity index (χ3n) is 7.03. The van der Waals surface area contributed by atoms with E-state index in [0.29, 0.717) is 23.7 Å². The molecule has 4 aliphatic rings. The fourth-order valence-electron chi connectivity index (χ4n) is 5.17. The zero-order valence-electron chi connectivity index (χ0n) is 17.1. The van der Waals surface area contributed by atoms with Gasteiger partial charge in [0.15, 0.2) is 0 Å². The minimum atomic E-state index is -0.00106. The van der Waals surface area contributed by atoms with Crippen LogP contribution in [0.5, 0.6) is 0 Å².